The van der Waals surface area contributed by atoms with Crippen molar-refractivity contribution >= 4 is 16.7 Å². The lowest BCUT2D eigenvalue weighted by Gasteiger charge is -1.92. The maximum absolute atomic E-state index is 10.2. The van der Waals surface area contributed by atoms with Gasteiger partial charge in [-0.05, 0) is 24.2 Å². The summed E-state index contributed by atoms with van der Waals surface area (Å²) in [6.45, 7) is 1.92. The van der Waals surface area contributed by atoms with Crippen molar-refractivity contribution in [1.29, 1.82) is 0 Å². The SMILES string of the molecule is Cc1ccc2[nH]c(N=O)c(O)c2c1. The van der Waals surface area contributed by atoms with Crippen molar-refractivity contribution in [3.8, 4) is 5.75 Å². The van der Waals surface area contributed by atoms with Crippen LogP contribution in [0.15, 0.2) is 23.4 Å². The van der Waals surface area contributed by atoms with Gasteiger partial charge in [0.05, 0.1) is 5.52 Å². The molecule has 0 aliphatic carbocycles. The molecule has 0 unspecified atom stereocenters. The summed E-state index contributed by atoms with van der Waals surface area (Å²) < 4.78 is 0. The largest absolute Gasteiger partial charge is 0.504 e. The van der Waals surface area contributed by atoms with E-state index >= 15 is 0 Å². The number of hydrogen-bond acceptors (Lipinski definition) is 3. The number of aromatic amines is 1. The number of aryl methyl sites for hydroxylation is 1. The minimum Gasteiger partial charge on any atom is -0.504 e. The highest BCUT2D eigenvalue weighted by atomic mass is 16.3. The van der Waals surface area contributed by atoms with E-state index < -0.39 is 0 Å². The molecule has 4 nitrogen and oxygen atoms in total. The van der Waals surface area contributed by atoms with Crippen LogP contribution < -0.4 is 0 Å². The molecule has 0 saturated carbocycles. The van der Waals surface area contributed by atoms with Gasteiger partial charge in [-0.3, -0.25) is 0 Å². The highest BCUT2D eigenvalue weighted by molar-refractivity contribution is 5.91. The lowest BCUT2D eigenvalue weighted by Crippen LogP contribution is -1.70. The normalized spacial score (nSPS) is 10.5. The molecular formula is C9H8N2O2. The van der Waals surface area contributed by atoms with Gasteiger partial charge in [-0.15, -0.1) is 4.91 Å². The van der Waals surface area contributed by atoms with Crippen LogP contribution in [0.1, 0.15) is 5.56 Å². The van der Waals surface area contributed by atoms with Crippen LogP contribution in [-0.4, -0.2) is 10.1 Å². The fourth-order valence-electron chi connectivity index (χ4n) is 1.34. The van der Waals surface area contributed by atoms with Crippen molar-refractivity contribution in [2.45, 2.75) is 6.92 Å². The number of nitroso groups, excluding NO2 is 1. The summed E-state index contributed by atoms with van der Waals surface area (Å²) in [5, 5.41) is 12.8. The summed E-state index contributed by atoms with van der Waals surface area (Å²) in [4.78, 5) is 13.0. The molecule has 0 amide bonds. The number of aromatic nitrogens is 1. The van der Waals surface area contributed by atoms with Crippen LogP contribution in [0, 0.1) is 11.8 Å². The van der Waals surface area contributed by atoms with E-state index in [1.165, 1.54) is 0 Å². The Labute approximate surface area is 74.2 Å². The molecule has 0 saturated heterocycles. The topological polar surface area (TPSA) is 65.5 Å². The van der Waals surface area contributed by atoms with E-state index in [-0.39, 0.29) is 11.6 Å². The standard InChI is InChI=1S/C9H8N2O2/c1-5-2-3-7-6(4-5)8(12)9(10-7)11-13/h2-4,10,12H,1H3. The van der Waals surface area contributed by atoms with Crippen LogP contribution in [0.25, 0.3) is 10.9 Å². The van der Waals surface area contributed by atoms with Crippen LogP contribution in [-0.2, 0) is 0 Å². The van der Waals surface area contributed by atoms with Gasteiger partial charge in [-0.2, -0.15) is 0 Å². The van der Waals surface area contributed by atoms with Gasteiger partial charge in [-0.1, -0.05) is 11.6 Å². The smallest absolute Gasteiger partial charge is 0.218 e. The number of benzene rings is 1. The van der Waals surface area contributed by atoms with Crippen molar-refractivity contribution in [2.24, 2.45) is 5.18 Å². The van der Waals surface area contributed by atoms with Gasteiger partial charge < -0.3 is 10.1 Å². The quantitative estimate of drug-likeness (QED) is 0.656. The fraction of sp³-hybridized carbons (Fsp3) is 0.111. The zero-order valence-electron chi connectivity index (χ0n) is 7.03. The monoisotopic (exact) mass is 176 g/mol. The van der Waals surface area contributed by atoms with E-state index in [1.807, 2.05) is 13.0 Å². The molecule has 0 aliphatic heterocycles. The first kappa shape index (κ1) is 7.79. The molecule has 1 heterocycles. The second-order valence-corrected chi connectivity index (χ2v) is 2.96. The first-order valence-electron chi connectivity index (χ1n) is 3.87. The third kappa shape index (κ3) is 1.07. The van der Waals surface area contributed by atoms with Gasteiger partial charge in [0.25, 0.3) is 0 Å². The zero-order chi connectivity index (χ0) is 9.42. The molecule has 13 heavy (non-hydrogen) atoms. The first-order valence-corrected chi connectivity index (χ1v) is 3.87. The van der Waals surface area contributed by atoms with Crippen molar-refractivity contribution in [2.75, 3.05) is 0 Å². The Hall–Kier alpha value is -1.84. The summed E-state index contributed by atoms with van der Waals surface area (Å²) in [7, 11) is 0. The Morgan fingerprint density at radius 1 is 1.46 bits per heavy atom. The van der Waals surface area contributed by atoms with E-state index in [4.69, 9.17) is 0 Å². The van der Waals surface area contributed by atoms with Crippen LogP contribution in [0.5, 0.6) is 5.75 Å². The lowest BCUT2D eigenvalue weighted by molar-refractivity contribution is 0.483. The molecule has 2 N–H and O–H groups in total. The van der Waals surface area contributed by atoms with Gasteiger partial charge in [0.15, 0.2) is 5.75 Å². The lowest BCUT2D eigenvalue weighted by atomic mass is 10.2. The number of nitrogens with zero attached hydrogens (tertiary/aromatic N) is 1. The van der Waals surface area contributed by atoms with Crippen LogP contribution in [0.4, 0.5) is 5.82 Å². The fourth-order valence-corrected chi connectivity index (χ4v) is 1.34. The number of rotatable bonds is 1. The van der Waals surface area contributed by atoms with Gasteiger partial charge in [-0.25, -0.2) is 0 Å². The number of aromatic hydroxyl groups is 1. The van der Waals surface area contributed by atoms with E-state index in [1.54, 1.807) is 12.1 Å². The highest BCUT2D eigenvalue weighted by Crippen LogP contribution is 2.34. The molecule has 0 bridgehead atoms. The molecule has 2 rings (SSSR count). The van der Waals surface area contributed by atoms with Crippen molar-refractivity contribution in [3.63, 3.8) is 0 Å². The Balaban J connectivity index is 2.84. The molecule has 0 atom stereocenters. The molecule has 66 valence electrons. The molecule has 0 fully saturated rings. The number of hydrogen-bond donors (Lipinski definition) is 2. The maximum atomic E-state index is 10.2. The summed E-state index contributed by atoms with van der Waals surface area (Å²) in [6.07, 6.45) is 0. The maximum Gasteiger partial charge on any atom is 0.218 e. The predicted molar refractivity (Wildman–Crippen MR) is 50.2 cm³/mol. The molecule has 0 aliphatic rings. The number of fused-ring (bicyclic) bond motifs is 1. The Kier molecular flexibility index (Phi) is 1.55. The Morgan fingerprint density at radius 2 is 2.23 bits per heavy atom. The van der Waals surface area contributed by atoms with Gasteiger partial charge >= 0.3 is 0 Å². The second-order valence-electron chi connectivity index (χ2n) is 2.96. The van der Waals surface area contributed by atoms with Gasteiger partial charge in [0.2, 0.25) is 5.82 Å². The first-order chi connectivity index (χ1) is 6.22. The van der Waals surface area contributed by atoms with Crippen molar-refractivity contribution in [3.05, 3.63) is 28.7 Å². The molecule has 1 aromatic carbocycles. The van der Waals surface area contributed by atoms with E-state index in [2.05, 4.69) is 10.2 Å². The molecule has 4 heteroatoms. The van der Waals surface area contributed by atoms with Crippen molar-refractivity contribution in [1.82, 2.24) is 4.98 Å². The van der Waals surface area contributed by atoms with Crippen LogP contribution >= 0.6 is 0 Å². The average molecular weight is 176 g/mol. The van der Waals surface area contributed by atoms with Gasteiger partial charge in [0, 0.05) is 5.39 Å². The predicted octanol–water partition coefficient (Wildman–Crippen LogP) is 2.58. The van der Waals surface area contributed by atoms with E-state index in [9.17, 15) is 10.0 Å². The van der Waals surface area contributed by atoms with E-state index in [0.717, 1.165) is 11.1 Å². The van der Waals surface area contributed by atoms with Gasteiger partial charge in [0.1, 0.15) is 0 Å². The van der Waals surface area contributed by atoms with E-state index in [0.29, 0.717) is 5.39 Å². The molecule has 0 radical (unpaired) electrons. The third-order valence-electron chi connectivity index (χ3n) is 2.00. The second kappa shape index (κ2) is 2.58. The summed E-state index contributed by atoms with van der Waals surface area (Å²) in [5.41, 5.74) is 1.75. The Bertz CT molecular complexity index is 474. The molecule has 0 spiro atoms. The number of H-pyrrole nitrogens is 1. The van der Waals surface area contributed by atoms with Crippen LogP contribution in [0.2, 0.25) is 0 Å². The summed E-state index contributed by atoms with van der Waals surface area (Å²) in [5.74, 6) is -0.0886. The minimum atomic E-state index is -0.0753. The van der Waals surface area contributed by atoms with Crippen LogP contribution in [0.3, 0.4) is 0 Å². The van der Waals surface area contributed by atoms with Crippen molar-refractivity contribution < 1.29 is 5.11 Å². The zero-order valence-corrected chi connectivity index (χ0v) is 7.03. The summed E-state index contributed by atoms with van der Waals surface area (Å²) >= 11 is 0. The summed E-state index contributed by atoms with van der Waals surface area (Å²) in [6, 6.07) is 5.50. The molecular weight excluding hydrogens is 168 g/mol. The third-order valence-corrected chi connectivity index (χ3v) is 2.00. The Morgan fingerprint density at radius 3 is 2.92 bits per heavy atom. The molecule has 2 aromatic rings. The molecule has 1 aromatic heterocycles. The number of nitrogens with one attached hydrogen (secondary N) is 1. The average Bonchev–Trinajstić information content (AvgIpc) is 2.44. The minimum absolute atomic E-state index is 0.0133. The highest BCUT2D eigenvalue weighted by Gasteiger charge is 2.09.